The molecule has 4 heteroatoms. The van der Waals surface area contributed by atoms with Gasteiger partial charge in [0.25, 0.3) is 0 Å². The highest BCUT2D eigenvalue weighted by Crippen LogP contribution is 2.17. The number of aromatic nitrogens is 1. The Labute approximate surface area is 107 Å². The zero-order chi connectivity index (χ0) is 13.0. The van der Waals surface area contributed by atoms with Gasteiger partial charge < -0.3 is 14.6 Å². The molecular formula is C14H18N2O2. The summed E-state index contributed by atoms with van der Waals surface area (Å²) in [6.45, 7) is 4.71. The van der Waals surface area contributed by atoms with Crippen LogP contribution in [0.3, 0.4) is 0 Å². The molecular weight excluding hydrogens is 228 g/mol. The number of hydrogen-bond donors (Lipinski definition) is 1. The van der Waals surface area contributed by atoms with E-state index in [9.17, 15) is 0 Å². The predicted molar refractivity (Wildman–Crippen MR) is 69.5 cm³/mol. The van der Waals surface area contributed by atoms with E-state index in [2.05, 4.69) is 29.5 Å². The molecule has 0 spiro atoms. The van der Waals surface area contributed by atoms with Gasteiger partial charge in [0, 0.05) is 18.7 Å². The Bertz CT molecular complexity index is 491. The summed E-state index contributed by atoms with van der Waals surface area (Å²) in [7, 11) is 1.67. The minimum absolute atomic E-state index is 0.257. The first-order chi connectivity index (χ1) is 8.69. The molecule has 18 heavy (non-hydrogen) atoms. The molecule has 96 valence electrons. The van der Waals surface area contributed by atoms with Crippen molar-refractivity contribution in [1.29, 1.82) is 0 Å². The van der Waals surface area contributed by atoms with E-state index in [4.69, 9.17) is 9.26 Å². The molecule has 0 fully saturated rings. The fourth-order valence-corrected chi connectivity index (χ4v) is 1.77. The maximum absolute atomic E-state index is 5.14. The Hall–Kier alpha value is -1.81. The van der Waals surface area contributed by atoms with Crippen molar-refractivity contribution in [3.63, 3.8) is 0 Å². The number of benzene rings is 1. The number of rotatable bonds is 5. The van der Waals surface area contributed by atoms with Gasteiger partial charge in [0.2, 0.25) is 0 Å². The van der Waals surface area contributed by atoms with Crippen LogP contribution in [-0.2, 0) is 6.54 Å². The summed E-state index contributed by atoms with van der Waals surface area (Å²) in [6.07, 6.45) is 0. The van der Waals surface area contributed by atoms with Gasteiger partial charge in [0.05, 0.1) is 12.8 Å². The van der Waals surface area contributed by atoms with Crippen molar-refractivity contribution in [3.8, 4) is 5.75 Å². The molecule has 0 saturated carbocycles. The number of methoxy groups -OCH3 is 1. The molecule has 0 aliphatic rings. The van der Waals surface area contributed by atoms with Crippen molar-refractivity contribution < 1.29 is 9.26 Å². The Morgan fingerprint density at radius 1 is 1.33 bits per heavy atom. The van der Waals surface area contributed by atoms with Gasteiger partial charge in [-0.15, -0.1) is 0 Å². The smallest absolute Gasteiger partial charge is 0.133 e. The molecule has 1 atom stereocenters. The number of nitrogens with one attached hydrogen (secondary N) is 1. The van der Waals surface area contributed by atoms with E-state index < -0.39 is 0 Å². The molecule has 0 amide bonds. The highest BCUT2D eigenvalue weighted by atomic mass is 16.5. The predicted octanol–water partition coefficient (Wildman–Crippen LogP) is 2.84. The summed E-state index contributed by atoms with van der Waals surface area (Å²) in [5.74, 6) is 1.71. The largest absolute Gasteiger partial charge is 0.497 e. The second kappa shape index (κ2) is 5.69. The van der Waals surface area contributed by atoms with Crippen molar-refractivity contribution in [2.75, 3.05) is 7.11 Å². The average molecular weight is 246 g/mol. The molecule has 1 heterocycles. The lowest BCUT2D eigenvalue weighted by molar-refractivity contribution is 0.386. The lowest BCUT2D eigenvalue weighted by atomic mass is 10.1. The first kappa shape index (κ1) is 12.6. The summed E-state index contributed by atoms with van der Waals surface area (Å²) >= 11 is 0. The van der Waals surface area contributed by atoms with E-state index in [1.807, 2.05) is 25.1 Å². The van der Waals surface area contributed by atoms with Gasteiger partial charge >= 0.3 is 0 Å². The fourth-order valence-electron chi connectivity index (χ4n) is 1.77. The topological polar surface area (TPSA) is 47.3 Å². The van der Waals surface area contributed by atoms with E-state index in [1.54, 1.807) is 7.11 Å². The second-order valence-corrected chi connectivity index (χ2v) is 4.30. The third-order valence-corrected chi connectivity index (χ3v) is 2.88. The number of ether oxygens (including phenoxy) is 1. The zero-order valence-corrected chi connectivity index (χ0v) is 10.9. The number of hydrogen-bond acceptors (Lipinski definition) is 4. The van der Waals surface area contributed by atoms with Crippen LogP contribution in [0.2, 0.25) is 0 Å². The molecule has 1 aromatic heterocycles. The third kappa shape index (κ3) is 3.11. The van der Waals surface area contributed by atoms with E-state index >= 15 is 0 Å². The summed E-state index contributed by atoms with van der Waals surface area (Å²) in [5, 5.41) is 7.35. The molecule has 0 bridgehead atoms. The van der Waals surface area contributed by atoms with Crippen molar-refractivity contribution in [2.45, 2.75) is 26.4 Å². The van der Waals surface area contributed by atoms with Crippen LogP contribution >= 0.6 is 0 Å². The molecule has 2 rings (SSSR count). The Morgan fingerprint density at radius 3 is 2.61 bits per heavy atom. The van der Waals surface area contributed by atoms with Crippen molar-refractivity contribution in [2.24, 2.45) is 0 Å². The summed E-state index contributed by atoms with van der Waals surface area (Å²) in [5.41, 5.74) is 2.14. The van der Waals surface area contributed by atoms with Crippen LogP contribution in [-0.4, -0.2) is 12.3 Å². The molecule has 1 unspecified atom stereocenters. The van der Waals surface area contributed by atoms with Crippen LogP contribution in [0.4, 0.5) is 0 Å². The highest BCUT2D eigenvalue weighted by Gasteiger charge is 2.06. The molecule has 0 aliphatic heterocycles. The first-order valence-corrected chi connectivity index (χ1v) is 5.98. The highest BCUT2D eigenvalue weighted by molar-refractivity contribution is 5.28. The number of nitrogens with zero attached hydrogens (tertiary/aromatic N) is 1. The Morgan fingerprint density at radius 2 is 2.06 bits per heavy atom. The first-order valence-electron chi connectivity index (χ1n) is 5.98. The molecule has 0 radical (unpaired) electrons. The van der Waals surface area contributed by atoms with Crippen LogP contribution < -0.4 is 10.1 Å². The Kier molecular flexibility index (Phi) is 3.99. The summed E-state index contributed by atoms with van der Waals surface area (Å²) in [6, 6.07) is 10.2. The van der Waals surface area contributed by atoms with Gasteiger partial charge in [-0.05, 0) is 31.5 Å². The van der Waals surface area contributed by atoms with Crippen molar-refractivity contribution >= 4 is 0 Å². The minimum Gasteiger partial charge on any atom is -0.497 e. The van der Waals surface area contributed by atoms with Gasteiger partial charge in [-0.2, -0.15) is 0 Å². The lowest BCUT2D eigenvalue weighted by Crippen LogP contribution is -2.18. The SMILES string of the molecule is COc1ccc(C(C)NCc2cc(C)on2)cc1. The van der Waals surface area contributed by atoms with Crippen LogP contribution in [0.1, 0.15) is 30.0 Å². The number of aryl methyl sites for hydroxylation is 1. The average Bonchev–Trinajstić information content (AvgIpc) is 2.82. The third-order valence-electron chi connectivity index (χ3n) is 2.88. The van der Waals surface area contributed by atoms with E-state index in [0.29, 0.717) is 6.54 Å². The van der Waals surface area contributed by atoms with E-state index in [0.717, 1.165) is 17.2 Å². The molecule has 0 aliphatic carbocycles. The van der Waals surface area contributed by atoms with Crippen molar-refractivity contribution in [1.82, 2.24) is 10.5 Å². The van der Waals surface area contributed by atoms with Gasteiger partial charge in [0.15, 0.2) is 0 Å². The maximum atomic E-state index is 5.14. The van der Waals surface area contributed by atoms with Crippen LogP contribution in [0, 0.1) is 6.92 Å². The minimum atomic E-state index is 0.257. The zero-order valence-electron chi connectivity index (χ0n) is 10.9. The standard InChI is InChI=1S/C14H18N2O2/c1-10-8-13(16-18-10)9-15-11(2)12-4-6-14(17-3)7-5-12/h4-8,11,15H,9H2,1-3H3. The van der Waals surface area contributed by atoms with E-state index in [1.165, 1.54) is 5.56 Å². The second-order valence-electron chi connectivity index (χ2n) is 4.30. The summed E-state index contributed by atoms with van der Waals surface area (Å²) in [4.78, 5) is 0. The maximum Gasteiger partial charge on any atom is 0.133 e. The monoisotopic (exact) mass is 246 g/mol. The summed E-state index contributed by atoms with van der Waals surface area (Å²) < 4.78 is 10.2. The van der Waals surface area contributed by atoms with Crippen LogP contribution in [0.5, 0.6) is 5.75 Å². The van der Waals surface area contributed by atoms with E-state index in [-0.39, 0.29) is 6.04 Å². The van der Waals surface area contributed by atoms with Crippen molar-refractivity contribution in [3.05, 3.63) is 47.3 Å². The van der Waals surface area contributed by atoms with Crippen LogP contribution in [0.25, 0.3) is 0 Å². The van der Waals surface area contributed by atoms with Gasteiger partial charge in [-0.25, -0.2) is 0 Å². The van der Waals surface area contributed by atoms with Gasteiger partial charge in [-0.1, -0.05) is 17.3 Å². The molecule has 4 nitrogen and oxygen atoms in total. The van der Waals surface area contributed by atoms with Crippen LogP contribution in [0.15, 0.2) is 34.9 Å². The molecule has 0 saturated heterocycles. The molecule has 1 aromatic carbocycles. The Balaban J connectivity index is 1.92. The molecule has 1 N–H and O–H groups in total. The lowest BCUT2D eigenvalue weighted by Gasteiger charge is -2.13. The van der Waals surface area contributed by atoms with Gasteiger partial charge in [0.1, 0.15) is 11.5 Å². The normalized spacial score (nSPS) is 12.4. The fraction of sp³-hybridized carbons (Fsp3) is 0.357. The molecule has 2 aromatic rings. The quantitative estimate of drug-likeness (QED) is 0.881. The van der Waals surface area contributed by atoms with Gasteiger partial charge in [-0.3, -0.25) is 0 Å².